The van der Waals surface area contributed by atoms with E-state index in [1.807, 2.05) is 0 Å². The molecular weight excluding hydrogens is 172 g/mol. The quantitative estimate of drug-likeness (QED) is 0.600. The van der Waals surface area contributed by atoms with Gasteiger partial charge in [0.1, 0.15) is 0 Å². The van der Waals surface area contributed by atoms with Crippen LogP contribution in [0.3, 0.4) is 0 Å². The van der Waals surface area contributed by atoms with Crippen LogP contribution in [-0.4, -0.2) is 32.1 Å². The van der Waals surface area contributed by atoms with E-state index in [2.05, 4.69) is 44.4 Å². The van der Waals surface area contributed by atoms with Crippen molar-refractivity contribution in [3.63, 3.8) is 0 Å². The zero-order valence-electron chi connectivity index (χ0n) is 9.90. The van der Waals surface area contributed by atoms with Gasteiger partial charge in [0, 0.05) is 18.8 Å². The minimum Gasteiger partial charge on any atom is -0.388 e. The Kier molecular flexibility index (Phi) is 7.21. The Morgan fingerprint density at radius 3 is 2.36 bits per heavy atom. The van der Waals surface area contributed by atoms with Gasteiger partial charge in [0.2, 0.25) is 0 Å². The van der Waals surface area contributed by atoms with Crippen molar-refractivity contribution in [3.8, 4) is 0 Å². The van der Waals surface area contributed by atoms with Crippen LogP contribution in [0.1, 0.15) is 26.2 Å². The highest BCUT2D eigenvalue weighted by molar-refractivity contribution is 4.94. The number of rotatable bonds is 8. The molecule has 0 rings (SSSR count). The van der Waals surface area contributed by atoms with Crippen molar-refractivity contribution < 1.29 is 0 Å². The van der Waals surface area contributed by atoms with Gasteiger partial charge in [0.25, 0.3) is 0 Å². The van der Waals surface area contributed by atoms with Gasteiger partial charge in [-0.2, -0.15) is 0 Å². The van der Waals surface area contributed by atoms with Crippen LogP contribution in [0.15, 0.2) is 24.4 Å². The summed E-state index contributed by atoms with van der Waals surface area (Å²) >= 11 is 0. The number of hydrogen-bond donors (Lipinski definition) is 1. The minimum atomic E-state index is 0.985. The second-order valence-corrected chi connectivity index (χ2v) is 4.14. The molecule has 0 aromatic rings. The Balaban J connectivity index is 3.33. The first-order valence-corrected chi connectivity index (χ1v) is 5.23. The lowest BCUT2D eigenvalue weighted by molar-refractivity contribution is 0.406. The van der Waals surface area contributed by atoms with Crippen molar-refractivity contribution in [3.05, 3.63) is 24.4 Å². The normalized spacial score (nSPS) is 10.3. The summed E-state index contributed by atoms with van der Waals surface area (Å²) in [4.78, 5) is 2.16. The molecule has 0 fully saturated rings. The van der Waals surface area contributed by atoms with Crippen LogP contribution in [0.2, 0.25) is 0 Å². The van der Waals surface area contributed by atoms with Gasteiger partial charge in [0.15, 0.2) is 0 Å². The smallest absolute Gasteiger partial charge is 0.0271 e. The molecule has 2 heteroatoms. The zero-order valence-corrected chi connectivity index (χ0v) is 9.90. The van der Waals surface area contributed by atoms with Crippen molar-refractivity contribution in [2.75, 3.05) is 27.2 Å². The average Bonchev–Trinajstić information content (AvgIpc) is 2.02. The molecule has 0 saturated carbocycles. The van der Waals surface area contributed by atoms with E-state index in [0.29, 0.717) is 0 Å². The molecule has 0 unspecified atom stereocenters. The lowest BCUT2D eigenvalue weighted by Gasteiger charge is -2.13. The molecule has 14 heavy (non-hydrogen) atoms. The summed E-state index contributed by atoms with van der Waals surface area (Å²) in [6.07, 6.45) is 3.32. The Hall–Kier alpha value is -0.760. The van der Waals surface area contributed by atoms with E-state index < -0.39 is 0 Å². The van der Waals surface area contributed by atoms with Crippen LogP contribution < -0.4 is 5.32 Å². The number of nitrogens with one attached hydrogen (secondary N) is 1. The molecule has 0 aromatic carbocycles. The van der Waals surface area contributed by atoms with Gasteiger partial charge < -0.3 is 10.2 Å². The molecule has 0 saturated heterocycles. The Bertz CT molecular complexity index is 183. The fourth-order valence-electron chi connectivity index (χ4n) is 1.15. The SMILES string of the molecule is C=C(C)CCCC(=C)NCCN(C)C. The van der Waals surface area contributed by atoms with E-state index in [4.69, 9.17) is 0 Å². The molecule has 0 spiro atoms. The lowest BCUT2D eigenvalue weighted by atomic mass is 10.1. The molecule has 0 aliphatic heterocycles. The van der Waals surface area contributed by atoms with Crippen molar-refractivity contribution in [2.24, 2.45) is 0 Å². The van der Waals surface area contributed by atoms with Gasteiger partial charge in [-0.15, -0.1) is 6.58 Å². The Morgan fingerprint density at radius 1 is 1.21 bits per heavy atom. The van der Waals surface area contributed by atoms with E-state index in [9.17, 15) is 0 Å². The third-order valence-corrected chi connectivity index (χ3v) is 2.02. The molecule has 82 valence electrons. The highest BCUT2D eigenvalue weighted by atomic mass is 15.1. The summed E-state index contributed by atoms with van der Waals surface area (Å²) < 4.78 is 0. The summed E-state index contributed by atoms with van der Waals surface area (Å²) in [7, 11) is 4.15. The molecule has 0 aliphatic carbocycles. The molecule has 0 atom stereocenters. The second-order valence-electron chi connectivity index (χ2n) is 4.14. The predicted octanol–water partition coefficient (Wildman–Crippen LogP) is 2.40. The second kappa shape index (κ2) is 7.63. The zero-order chi connectivity index (χ0) is 11.0. The molecule has 0 heterocycles. The molecular formula is C12H24N2. The maximum Gasteiger partial charge on any atom is 0.0271 e. The monoisotopic (exact) mass is 196 g/mol. The average molecular weight is 196 g/mol. The first-order valence-electron chi connectivity index (χ1n) is 5.23. The third-order valence-electron chi connectivity index (χ3n) is 2.02. The van der Waals surface area contributed by atoms with Crippen molar-refractivity contribution in [2.45, 2.75) is 26.2 Å². The lowest BCUT2D eigenvalue weighted by Crippen LogP contribution is -2.25. The Morgan fingerprint density at radius 2 is 1.86 bits per heavy atom. The Labute approximate surface area is 88.7 Å². The standard InChI is InChI=1S/C12H24N2/c1-11(2)7-6-8-12(3)13-9-10-14(4)5/h13H,1,3,6-10H2,2,4-5H3. The topological polar surface area (TPSA) is 15.3 Å². The fourth-order valence-corrected chi connectivity index (χ4v) is 1.15. The molecule has 0 aromatic heterocycles. The maximum atomic E-state index is 3.99. The van der Waals surface area contributed by atoms with Gasteiger partial charge in [-0.25, -0.2) is 0 Å². The summed E-state index contributed by atoms with van der Waals surface area (Å²) in [5, 5.41) is 3.32. The van der Waals surface area contributed by atoms with Crippen molar-refractivity contribution >= 4 is 0 Å². The number of likely N-dealkylation sites (N-methyl/N-ethyl adjacent to an activating group) is 1. The largest absolute Gasteiger partial charge is 0.388 e. The number of nitrogens with zero attached hydrogens (tertiary/aromatic N) is 1. The van der Waals surface area contributed by atoms with Crippen LogP contribution in [-0.2, 0) is 0 Å². The summed E-state index contributed by atoms with van der Waals surface area (Å²) in [6.45, 7) is 12.0. The summed E-state index contributed by atoms with van der Waals surface area (Å²) in [5.74, 6) is 0. The van der Waals surface area contributed by atoms with Crippen LogP contribution in [0.4, 0.5) is 0 Å². The van der Waals surface area contributed by atoms with Crippen LogP contribution >= 0.6 is 0 Å². The van der Waals surface area contributed by atoms with E-state index >= 15 is 0 Å². The van der Waals surface area contributed by atoms with E-state index in [0.717, 1.165) is 38.0 Å². The fraction of sp³-hybridized carbons (Fsp3) is 0.667. The van der Waals surface area contributed by atoms with Crippen molar-refractivity contribution in [1.29, 1.82) is 0 Å². The van der Waals surface area contributed by atoms with Crippen LogP contribution in [0.25, 0.3) is 0 Å². The van der Waals surface area contributed by atoms with Crippen molar-refractivity contribution in [1.82, 2.24) is 10.2 Å². The highest BCUT2D eigenvalue weighted by Gasteiger charge is 1.95. The summed E-state index contributed by atoms with van der Waals surface area (Å²) in [6, 6.07) is 0. The highest BCUT2D eigenvalue weighted by Crippen LogP contribution is 2.07. The van der Waals surface area contributed by atoms with E-state index in [-0.39, 0.29) is 0 Å². The number of allylic oxidation sites excluding steroid dienone is 2. The van der Waals surface area contributed by atoms with Gasteiger partial charge in [0.05, 0.1) is 0 Å². The van der Waals surface area contributed by atoms with Gasteiger partial charge >= 0.3 is 0 Å². The number of hydrogen-bond acceptors (Lipinski definition) is 2. The predicted molar refractivity (Wildman–Crippen MR) is 64.4 cm³/mol. The van der Waals surface area contributed by atoms with Crippen LogP contribution in [0.5, 0.6) is 0 Å². The van der Waals surface area contributed by atoms with Crippen LogP contribution in [0, 0.1) is 0 Å². The summed E-state index contributed by atoms with van der Waals surface area (Å²) in [5.41, 5.74) is 2.40. The van der Waals surface area contributed by atoms with E-state index in [1.54, 1.807) is 0 Å². The maximum absolute atomic E-state index is 3.99. The molecule has 2 nitrogen and oxygen atoms in total. The minimum absolute atomic E-state index is 0.985. The third kappa shape index (κ3) is 9.33. The first-order chi connectivity index (χ1) is 6.52. The molecule has 1 N–H and O–H groups in total. The first kappa shape index (κ1) is 13.2. The molecule has 0 radical (unpaired) electrons. The molecule has 0 bridgehead atoms. The van der Waals surface area contributed by atoms with Gasteiger partial charge in [-0.1, -0.05) is 12.2 Å². The van der Waals surface area contributed by atoms with Gasteiger partial charge in [-0.3, -0.25) is 0 Å². The molecule has 0 aliphatic rings. The van der Waals surface area contributed by atoms with Gasteiger partial charge in [-0.05, 0) is 40.3 Å². The molecule has 0 amide bonds. The van der Waals surface area contributed by atoms with E-state index in [1.165, 1.54) is 5.57 Å².